The predicted molar refractivity (Wildman–Crippen MR) is 81.2 cm³/mol. The van der Waals surface area contributed by atoms with Crippen molar-refractivity contribution >= 4 is 11.8 Å². The summed E-state index contributed by atoms with van der Waals surface area (Å²) >= 11 is 2.03. The van der Waals surface area contributed by atoms with E-state index >= 15 is 0 Å². The molecule has 1 atom stereocenters. The van der Waals surface area contributed by atoms with Crippen molar-refractivity contribution in [2.24, 2.45) is 0 Å². The second-order valence-corrected chi connectivity index (χ2v) is 6.08. The molecule has 0 spiro atoms. The summed E-state index contributed by atoms with van der Waals surface area (Å²) in [4.78, 5) is 0. The van der Waals surface area contributed by atoms with Crippen molar-refractivity contribution in [2.75, 3.05) is 25.4 Å². The molecule has 0 radical (unpaired) electrons. The van der Waals surface area contributed by atoms with Crippen LogP contribution < -0.4 is 10.6 Å². The van der Waals surface area contributed by atoms with Gasteiger partial charge in [0.15, 0.2) is 0 Å². The molecular weight excluding hydrogens is 240 g/mol. The SMILES string of the molecule is Cc1ccccc1CSCCN[C@H]1CCCNC1. The van der Waals surface area contributed by atoms with Crippen LogP contribution in [0.2, 0.25) is 0 Å². The lowest BCUT2D eigenvalue weighted by Crippen LogP contribution is -2.43. The zero-order valence-corrected chi connectivity index (χ0v) is 12.1. The van der Waals surface area contributed by atoms with E-state index in [1.54, 1.807) is 0 Å². The second kappa shape index (κ2) is 7.82. The van der Waals surface area contributed by atoms with E-state index in [1.165, 1.54) is 36.3 Å². The smallest absolute Gasteiger partial charge is 0.0193 e. The molecule has 1 aliphatic heterocycles. The minimum atomic E-state index is 0.692. The molecule has 1 aliphatic rings. The largest absolute Gasteiger partial charge is 0.315 e. The van der Waals surface area contributed by atoms with Crippen LogP contribution >= 0.6 is 11.8 Å². The number of rotatable bonds is 6. The first kappa shape index (κ1) is 13.9. The maximum absolute atomic E-state index is 3.64. The second-order valence-electron chi connectivity index (χ2n) is 4.98. The third kappa shape index (κ3) is 4.63. The highest BCUT2D eigenvalue weighted by molar-refractivity contribution is 7.98. The van der Waals surface area contributed by atoms with Gasteiger partial charge in [0.2, 0.25) is 0 Å². The molecule has 1 aromatic rings. The van der Waals surface area contributed by atoms with Crippen molar-refractivity contribution < 1.29 is 0 Å². The molecule has 1 heterocycles. The first-order chi connectivity index (χ1) is 8.86. The van der Waals surface area contributed by atoms with Gasteiger partial charge in [-0.05, 0) is 37.4 Å². The summed E-state index contributed by atoms with van der Waals surface area (Å²) in [5.41, 5.74) is 2.89. The lowest BCUT2D eigenvalue weighted by Gasteiger charge is -2.23. The summed E-state index contributed by atoms with van der Waals surface area (Å²) in [5, 5.41) is 7.08. The zero-order chi connectivity index (χ0) is 12.6. The number of nitrogens with one attached hydrogen (secondary N) is 2. The van der Waals surface area contributed by atoms with E-state index in [0.717, 1.165) is 18.8 Å². The molecule has 2 nitrogen and oxygen atoms in total. The van der Waals surface area contributed by atoms with Crippen molar-refractivity contribution in [3.63, 3.8) is 0 Å². The lowest BCUT2D eigenvalue weighted by molar-refractivity contribution is 0.398. The van der Waals surface area contributed by atoms with Crippen LogP contribution in [0.25, 0.3) is 0 Å². The minimum Gasteiger partial charge on any atom is -0.315 e. The summed E-state index contributed by atoms with van der Waals surface area (Å²) in [7, 11) is 0. The Morgan fingerprint density at radius 3 is 3.06 bits per heavy atom. The Kier molecular flexibility index (Phi) is 6.05. The van der Waals surface area contributed by atoms with Crippen molar-refractivity contribution in [3.05, 3.63) is 35.4 Å². The standard InChI is InChI=1S/C15H24N2S/c1-13-5-2-3-6-14(13)12-18-10-9-17-15-7-4-8-16-11-15/h2-3,5-6,15-17H,4,7-12H2,1H3/t15-/m0/s1. The van der Waals surface area contributed by atoms with E-state index in [2.05, 4.69) is 41.8 Å². The fourth-order valence-corrected chi connectivity index (χ4v) is 3.27. The summed E-state index contributed by atoms with van der Waals surface area (Å²) < 4.78 is 0. The molecule has 0 unspecified atom stereocenters. The van der Waals surface area contributed by atoms with Gasteiger partial charge in [-0.2, -0.15) is 11.8 Å². The van der Waals surface area contributed by atoms with Crippen LogP contribution in [0.15, 0.2) is 24.3 Å². The molecule has 0 aromatic heterocycles. The van der Waals surface area contributed by atoms with E-state index in [0.29, 0.717) is 6.04 Å². The minimum absolute atomic E-state index is 0.692. The fraction of sp³-hybridized carbons (Fsp3) is 0.600. The van der Waals surface area contributed by atoms with Gasteiger partial charge in [0.05, 0.1) is 0 Å². The molecule has 0 amide bonds. The maximum atomic E-state index is 3.64. The third-order valence-electron chi connectivity index (χ3n) is 3.50. The average molecular weight is 264 g/mol. The van der Waals surface area contributed by atoms with Crippen molar-refractivity contribution in [1.82, 2.24) is 10.6 Å². The Balaban J connectivity index is 1.57. The van der Waals surface area contributed by atoms with Crippen LogP contribution in [-0.4, -0.2) is 31.4 Å². The summed E-state index contributed by atoms with van der Waals surface area (Å²) in [5.74, 6) is 2.34. The van der Waals surface area contributed by atoms with Gasteiger partial charge in [0, 0.05) is 30.6 Å². The predicted octanol–water partition coefficient (Wildman–Crippen LogP) is 2.57. The molecule has 3 heteroatoms. The first-order valence-electron chi connectivity index (χ1n) is 6.92. The number of piperidine rings is 1. The molecule has 1 fully saturated rings. The van der Waals surface area contributed by atoms with Gasteiger partial charge in [-0.25, -0.2) is 0 Å². The molecule has 1 saturated heterocycles. The molecule has 2 rings (SSSR count). The molecule has 0 aliphatic carbocycles. The van der Waals surface area contributed by atoms with E-state index < -0.39 is 0 Å². The van der Waals surface area contributed by atoms with Crippen molar-refractivity contribution in [3.8, 4) is 0 Å². The molecular formula is C15H24N2S. The highest BCUT2D eigenvalue weighted by Crippen LogP contribution is 2.15. The van der Waals surface area contributed by atoms with Gasteiger partial charge >= 0.3 is 0 Å². The van der Waals surface area contributed by atoms with Gasteiger partial charge < -0.3 is 10.6 Å². The molecule has 0 saturated carbocycles. The van der Waals surface area contributed by atoms with Crippen molar-refractivity contribution in [2.45, 2.75) is 31.6 Å². The quantitative estimate of drug-likeness (QED) is 0.772. The number of thioether (sulfide) groups is 1. The van der Waals surface area contributed by atoms with E-state index in [-0.39, 0.29) is 0 Å². The molecule has 2 N–H and O–H groups in total. The number of hydrogen-bond donors (Lipinski definition) is 2. The average Bonchev–Trinajstić information content (AvgIpc) is 2.42. The molecule has 0 bridgehead atoms. The van der Waals surface area contributed by atoms with E-state index in [9.17, 15) is 0 Å². The summed E-state index contributed by atoms with van der Waals surface area (Å²) in [6.07, 6.45) is 2.64. The normalized spacial score (nSPS) is 19.9. The van der Waals surface area contributed by atoms with Gasteiger partial charge in [0.25, 0.3) is 0 Å². The molecule has 100 valence electrons. The Morgan fingerprint density at radius 2 is 2.28 bits per heavy atom. The van der Waals surface area contributed by atoms with Gasteiger partial charge in [-0.3, -0.25) is 0 Å². The van der Waals surface area contributed by atoms with Crippen molar-refractivity contribution in [1.29, 1.82) is 0 Å². The topological polar surface area (TPSA) is 24.1 Å². The maximum Gasteiger partial charge on any atom is 0.0193 e. The van der Waals surface area contributed by atoms with Crippen LogP contribution in [0.4, 0.5) is 0 Å². The van der Waals surface area contributed by atoms with Crippen LogP contribution in [0, 0.1) is 6.92 Å². The molecule has 18 heavy (non-hydrogen) atoms. The summed E-state index contributed by atoms with van der Waals surface area (Å²) in [6, 6.07) is 9.37. The van der Waals surface area contributed by atoms with Gasteiger partial charge in [-0.1, -0.05) is 24.3 Å². The summed E-state index contributed by atoms with van der Waals surface area (Å²) in [6.45, 7) is 5.66. The van der Waals surface area contributed by atoms with Gasteiger partial charge in [-0.15, -0.1) is 0 Å². The highest BCUT2D eigenvalue weighted by atomic mass is 32.2. The van der Waals surface area contributed by atoms with Crippen LogP contribution in [0.5, 0.6) is 0 Å². The third-order valence-corrected chi connectivity index (χ3v) is 4.50. The highest BCUT2D eigenvalue weighted by Gasteiger charge is 2.10. The Morgan fingerprint density at radius 1 is 1.39 bits per heavy atom. The number of hydrogen-bond acceptors (Lipinski definition) is 3. The number of benzene rings is 1. The first-order valence-corrected chi connectivity index (χ1v) is 8.08. The number of aryl methyl sites for hydroxylation is 1. The van der Waals surface area contributed by atoms with Crippen LogP contribution in [-0.2, 0) is 5.75 Å². The lowest BCUT2D eigenvalue weighted by atomic mass is 10.1. The Labute approximate surface area is 115 Å². The van der Waals surface area contributed by atoms with E-state index in [4.69, 9.17) is 0 Å². The fourth-order valence-electron chi connectivity index (χ4n) is 2.32. The van der Waals surface area contributed by atoms with Gasteiger partial charge in [0.1, 0.15) is 0 Å². The molecule has 1 aromatic carbocycles. The van der Waals surface area contributed by atoms with E-state index in [1.807, 2.05) is 11.8 Å². The Bertz CT molecular complexity index is 348. The van der Waals surface area contributed by atoms with Crippen LogP contribution in [0.3, 0.4) is 0 Å². The monoisotopic (exact) mass is 264 g/mol. The zero-order valence-electron chi connectivity index (χ0n) is 11.2. The van der Waals surface area contributed by atoms with Crippen LogP contribution in [0.1, 0.15) is 24.0 Å². The Hall–Kier alpha value is -0.510.